The van der Waals surface area contributed by atoms with Gasteiger partial charge < -0.3 is 10.1 Å². The van der Waals surface area contributed by atoms with Gasteiger partial charge in [0.25, 0.3) is 0 Å². The van der Waals surface area contributed by atoms with Crippen LogP contribution in [0.3, 0.4) is 0 Å². The maximum absolute atomic E-state index is 6.36. The largest absolute Gasteiger partial charge is 0.488 e. The summed E-state index contributed by atoms with van der Waals surface area (Å²) in [6, 6.07) is 9.97. The van der Waals surface area contributed by atoms with Gasteiger partial charge in [0.1, 0.15) is 12.4 Å². The van der Waals surface area contributed by atoms with E-state index in [9.17, 15) is 0 Å². The summed E-state index contributed by atoms with van der Waals surface area (Å²) in [6.07, 6.45) is 0.790. The van der Waals surface area contributed by atoms with Gasteiger partial charge in [0.15, 0.2) is 0 Å². The molecule has 2 aromatic carbocycles. The Bertz CT molecular complexity index is 728. The van der Waals surface area contributed by atoms with Gasteiger partial charge in [-0.2, -0.15) is 0 Å². The van der Waals surface area contributed by atoms with Crippen LogP contribution in [0.15, 0.2) is 30.3 Å². The zero-order valence-electron chi connectivity index (χ0n) is 14.0. The number of benzene rings is 2. The molecule has 0 radical (unpaired) electrons. The van der Waals surface area contributed by atoms with E-state index in [1.807, 2.05) is 25.1 Å². The maximum atomic E-state index is 6.36. The molecule has 0 saturated heterocycles. The maximum Gasteiger partial charge on any atom is 0.123 e. The van der Waals surface area contributed by atoms with E-state index in [2.05, 4.69) is 38.2 Å². The molecule has 0 aliphatic carbocycles. The van der Waals surface area contributed by atoms with Crippen molar-refractivity contribution in [2.75, 3.05) is 5.32 Å². The molecule has 0 heterocycles. The van der Waals surface area contributed by atoms with Crippen molar-refractivity contribution in [3.8, 4) is 5.75 Å². The number of nitrogens with one attached hydrogen (secondary N) is 1. The van der Waals surface area contributed by atoms with Crippen LogP contribution in [0.2, 0.25) is 5.02 Å². The van der Waals surface area contributed by atoms with Crippen LogP contribution in [0.1, 0.15) is 35.6 Å². The van der Waals surface area contributed by atoms with Gasteiger partial charge in [-0.3, -0.25) is 0 Å². The Labute approximate surface area is 148 Å². The SMILES string of the molecule is CCC(=S)Nc1cccc(Cl)c1COc1cc(C)c(C)cc1C. The summed E-state index contributed by atoms with van der Waals surface area (Å²) in [5.74, 6) is 0.886. The highest BCUT2D eigenvalue weighted by atomic mass is 35.5. The highest BCUT2D eigenvalue weighted by Crippen LogP contribution is 2.28. The van der Waals surface area contributed by atoms with E-state index in [0.717, 1.165) is 34.0 Å². The topological polar surface area (TPSA) is 21.3 Å². The molecule has 0 unspecified atom stereocenters. The Kier molecular flexibility index (Phi) is 6.03. The second-order valence-electron chi connectivity index (χ2n) is 5.66. The van der Waals surface area contributed by atoms with Gasteiger partial charge in [-0.05, 0) is 62.1 Å². The third-order valence-electron chi connectivity index (χ3n) is 3.88. The number of ether oxygens (including phenoxy) is 1. The van der Waals surface area contributed by atoms with Gasteiger partial charge in [-0.25, -0.2) is 0 Å². The summed E-state index contributed by atoms with van der Waals surface area (Å²) >= 11 is 11.6. The molecule has 0 spiro atoms. The highest BCUT2D eigenvalue weighted by molar-refractivity contribution is 7.80. The number of thiocarbonyl (C=S) groups is 1. The van der Waals surface area contributed by atoms with E-state index >= 15 is 0 Å². The lowest BCUT2D eigenvalue weighted by Crippen LogP contribution is -2.10. The van der Waals surface area contributed by atoms with Crippen LogP contribution in [0.5, 0.6) is 5.75 Å². The summed E-state index contributed by atoms with van der Waals surface area (Å²) in [4.78, 5) is 0.788. The average molecular weight is 348 g/mol. The molecule has 122 valence electrons. The van der Waals surface area contributed by atoms with Crippen LogP contribution < -0.4 is 10.1 Å². The Morgan fingerprint density at radius 2 is 1.83 bits per heavy atom. The smallest absolute Gasteiger partial charge is 0.123 e. The number of aryl methyl sites for hydroxylation is 3. The Balaban J connectivity index is 2.23. The molecule has 4 heteroatoms. The minimum absolute atomic E-state index is 0.400. The number of halogens is 1. The molecule has 1 N–H and O–H groups in total. The van der Waals surface area contributed by atoms with Gasteiger partial charge in [-0.1, -0.05) is 42.9 Å². The van der Waals surface area contributed by atoms with Crippen molar-refractivity contribution >= 4 is 34.5 Å². The number of hydrogen-bond acceptors (Lipinski definition) is 2. The Hall–Kier alpha value is -1.58. The van der Waals surface area contributed by atoms with Gasteiger partial charge in [0.05, 0.1) is 4.99 Å². The van der Waals surface area contributed by atoms with Crippen LogP contribution in [0, 0.1) is 20.8 Å². The number of anilines is 1. The first-order valence-electron chi connectivity index (χ1n) is 7.70. The fraction of sp³-hybridized carbons (Fsp3) is 0.316. The zero-order valence-corrected chi connectivity index (χ0v) is 15.6. The van der Waals surface area contributed by atoms with E-state index in [1.54, 1.807) is 0 Å². The normalized spacial score (nSPS) is 10.5. The van der Waals surface area contributed by atoms with Crippen molar-refractivity contribution < 1.29 is 4.74 Å². The van der Waals surface area contributed by atoms with E-state index in [0.29, 0.717) is 11.6 Å². The molecule has 0 aliphatic rings. The van der Waals surface area contributed by atoms with E-state index in [4.69, 9.17) is 28.6 Å². The van der Waals surface area contributed by atoms with Gasteiger partial charge in [0.2, 0.25) is 0 Å². The predicted molar refractivity (Wildman–Crippen MR) is 103 cm³/mol. The van der Waals surface area contributed by atoms with E-state index in [-0.39, 0.29) is 0 Å². The van der Waals surface area contributed by atoms with Crippen LogP contribution in [-0.2, 0) is 6.61 Å². The number of hydrogen-bond donors (Lipinski definition) is 1. The molecule has 0 aromatic heterocycles. The summed E-state index contributed by atoms with van der Waals surface area (Å²) in [7, 11) is 0. The fourth-order valence-electron chi connectivity index (χ4n) is 2.30. The standard InChI is InChI=1S/C19H22ClNOS/c1-5-19(23)21-17-8-6-7-16(20)15(17)11-22-18-10-13(3)12(2)9-14(18)4/h6-10H,5,11H2,1-4H3,(H,21,23). The Morgan fingerprint density at radius 1 is 1.13 bits per heavy atom. The summed E-state index contributed by atoms with van der Waals surface area (Å²) in [5, 5.41) is 3.92. The third-order valence-corrected chi connectivity index (χ3v) is 4.62. The van der Waals surface area contributed by atoms with Gasteiger partial charge in [-0.15, -0.1) is 0 Å². The molecule has 2 aromatic rings. The van der Waals surface area contributed by atoms with Crippen LogP contribution in [0.4, 0.5) is 5.69 Å². The lowest BCUT2D eigenvalue weighted by atomic mass is 10.1. The average Bonchev–Trinajstić information content (AvgIpc) is 2.51. The number of rotatable bonds is 5. The first kappa shape index (κ1) is 17.8. The van der Waals surface area contributed by atoms with Gasteiger partial charge >= 0.3 is 0 Å². The molecule has 2 rings (SSSR count). The van der Waals surface area contributed by atoms with Crippen molar-refractivity contribution in [3.63, 3.8) is 0 Å². The van der Waals surface area contributed by atoms with Crippen molar-refractivity contribution in [1.82, 2.24) is 0 Å². The van der Waals surface area contributed by atoms with E-state index in [1.165, 1.54) is 11.1 Å². The minimum Gasteiger partial charge on any atom is -0.488 e. The third kappa shape index (κ3) is 4.46. The minimum atomic E-state index is 0.400. The molecular formula is C19H22ClNOS. The van der Waals surface area contributed by atoms with Gasteiger partial charge in [0, 0.05) is 16.3 Å². The first-order valence-corrected chi connectivity index (χ1v) is 8.49. The van der Waals surface area contributed by atoms with Crippen LogP contribution >= 0.6 is 23.8 Å². The molecule has 0 aliphatic heterocycles. The zero-order chi connectivity index (χ0) is 17.0. The second-order valence-corrected chi connectivity index (χ2v) is 6.56. The summed E-state index contributed by atoms with van der Waals surface area (Å²) in [5.41, 5.74) is 5.44. The fourth-order valence-corrected chi connectivity index (χ4v) is 2.64. The van der Waals surface area contributed by atoms with Crippen molar-refractivity contribution in [3.05, 3.63) is 57.6 Å². The lowest BCUT2D eigenvalue weighted by Gasteiger charge is -2.16. The monoisotopic (exact) mass is 347 g/mol. The summed E-state index contributed by atoms with van der Waals surface area (Å²) in [6.45, 7) is 8.67. The molecule has 0 atom stereocenters. The Morgan fingerprint density at radius 3 is 2.52 bits per heavy atom. The lowest BCUT2D eigenvalue weighted by molar-refractivity contribution is 0.304. The molecule has 0 amide bonds. The van der Waals surface area contributed by atoms with E-state index < -0.39 is 0 Å². The molecule has 0 bridgehead atoms. The highest BCUT2D eigenvalue weighted by Gasteiger charge is 2.10. The molecule has 2 nitrogen and oxygen atoms in total. The van der Waals surface area contributed by atoms with Crippen molar-refractivity contribution in [1.29, 1.82) is 0 Å². The van der Waals surface area contributed by atoms with Crippen LogP contribution in [0.25, 0.3) is 0 Å². The quantitative estimate of drug-likeness (QED) is 0.671. The molecule has 0 saturated carbocycles. The molecular weight excluding hydrogens is 326 g/mol. The summed E-state index contributed by atoms with van der Waals surface area (Å²) < 4.78 is 6.03. The van der Waals surface area contributed by atoms with Crippen molar-refractivity contribution in [2.45, 2.75) is 40.7 Å². The van der Waals surface area contributed by atoms with Crippen molar-refractivity contribution in [2.24, 2.45) is 0 Å². The molecule has 23 heavy (non-hydrogen) atoms. The predicted octanol–water partition coefficient (Wildman–Crippen LogP) is 5.99. The molecule has 0 fully saturated rings. The first-order chi connectivity index (χ1) is 10.9. The second kappa shape index (κ2) is 7.80. The van der Waals surface area contributed by atoms with Crippen LogP contribution in [-0.4, -0.2) is 4.99 Å².